The lowest BCUT2D eigenvalue weighted by Crippen LogP contribution is -2.20. The predicted octanol–water partition coefficient (Wildman–Crippen LogP) is 2.62. The van der Waals surface area contributed by atoms with Gasteiger partial charge in [0.2, 0.25) is 5.91 Å². The van der Waals surface area contributed by atoms with E-state index in [2.05, 4.69) is 21.2 Å². The Labute approximate surface area is 120 Å². The quantitative estimate of drug-likeness (QED) is 0.925. The Morgan fingerprint density at radius 2 is 2.37 bits per heavy atom. The number of nitrogens with zero attached hydrogens (tertiary/aromatic N) is 1. The standard InChI is InChI=1S/C13H15BrN2O3/c1-16-8-11(19-13(16)18)5-6-12(17)15-10-4-2-3-9(14)7-10/h2-4,7,11H,5-6,8H2,1H3,(H,15,17). The molecule has 1 aliphatic rings. The third-order valence-electron chi connectivity index (χ3n) is 2.86. The number of likely N-dealkylation sites (N-methyl/N-ethyl adjacent to an activating group) is 1. The number of benzene rings is 1. The molecular weight excluding hydrogens is 312 g/mol. The number of hydrogen-bond donors (Lipinski definition) is 1. The number of cyclic esters (lactones) is 1. The van der Waals surface area contributed by atoms with Gasteiger partial charge in [-0.1, -0.05) is 22.0 Å². The molecule has 19 heavy (non-hydrogen) atoms. The Morgan fingerprint density at radius 3 is 3.00 bits per heavy atom. The average Bonchev–Trinajstić information content (AvgIpc) is 2.66. The third kappa shape index (κ3) is 3.96. The summed E-state index contributed by atoms with van der Waals surface area (Å²) in [6, 6.07) is 7.41. The van der Waals surface area contributed by atoms with Gasteiger partial charge >= 0.3 is 6.09 Å². The Hall–Kier alpha value is -1.56. The van der Waals surface area contributed by atoms with E-state index in [0.717, 1.165) is 10.2 Å². The molecule has 102 valence electrons. The zero-order valence-corrected chi connectivity index (χ0v) is 12.1. The molecule has 2 amide bonds. The first-order chi connectivity index (χ1) is 9.04. The number of nitrogens with one attached hydrogen (secondary N) is 1. The van der Waals surface area contributed by atoms with E-state index in [1.165, 1.54) is 4.90 Å². The first-order valence-electron chi connectivity index (χ1n) is 6.02. The summed E-state index contributed by atoms with van der Waals surface area (Å²) in [5.41, 5.74) is 0.750. The maximum Gasteiger partial charge on any atom is 0.409 e. The highest BCUT2D eigenvalue weighted by Gasteiger charge is 2.28. The van der Waals surface area contributed by atoms with E-state index < -0.39 is 0 Å². The molecule has 6 heteroatoms. The Kier molecular flexibility index (Phi) is 4.42. The van der Waals surface area contributed by atoms with Crippen molar-refractivity contribution in [2.24, 2.45) is 0 Å². The molecule has 1 aromatic rings. The van der Waals surface area contributed by atoms with Gasteiger partial charge in [-0.3, -0.25) is 4.79 Å². The second-order valence-electron chi connectivity index (χ2n) is 4.48. The van der Waals surface area contributed by atoms with Gasteiger partial charge in [0.1, 0.15) is 6.10 Å². The highest BCUT2D eigenvalue weighted by Crippen LogP contribution is 2.17. The Bertz CT molecular complexity index is 493. The van der Waals surface area contributed by atoms with Crippen molar-refractivity contribution < 1.29 is 14.3 Å². The molecule has 0 spiro atoms. The minimum Gasteiger partial charge on any atom is -0.444 e. The second-order valence-corrected chi connectivity index (χ2v) is 5.40. The number of carbonyl (C=O) groups is 2. The number of rotatable bonds is 4. The van der Waals surface area contributed by atoms with Gasteiger partial charge in [0, 0.05) is 23.6 Å². The molecule has 1 saturated heterocycles. The van der Waals surface area contributed by atoms with Gasteiger partial charge in [0.25, 0.3) is 0 Å². The fourth-order valence-corrected chi connectivity index (χ4v) is 2.28. The smallest absolute Gasteiger partial charge is 0.409 e. The minimum atomic E-state index is -0.322. The van der Waals surface area contributed by atoms with Crippen molar-refractivity contribution in [1.82, 2.24) is 4.90 Å². The fraction of sp³-hybridized carbons (Fsp3) is 0.385. The summed E-state index contributed by atoms with van der Waals surface area (Å²) in [4.78, 5) is 24.4. The number of anilines is 1. The first kappa shape index (κ1) is 13.9. The van der Waals surface area contributed by atoms with Crippen molar-refractivity contribution in [3.05, 3.63) is 28.7 Å². The molecule has 5 nitrogen and oxygen atoms in total. The molecule has 1 atom stereocenters. The SMILES string of the molecule is CN1CC(CCC(=O)Nc2cccc(Br)c2)OC1=O. The number of hydrogen-bond acceptors (Lipinski definition) is 3. The number of ether oxygens (including phenoxy) is 1. The van der Waals surface area contributed by atoms with E-state index in [9.17, 15) is 9.59 Å². The van der Waals surface area contributed by atoms with Gasteiger partial charge in [-0.25, -0.2) is 4.79 Å². The van der Waals surface area contributed by atoms with Crippen LogP contribution >= 0.6 is 15.9 Å². The van der Waals surface area contributed by atoms with Crippen molar-refractivity contribution in [3.8, 4) is 0 Å². The van der Waals surface area contributed by atoms with Crippen LogP contribution in [0.25, 0.3) is 0 Å². The monoisotopic (exact) mass is 326 g/mol. The van der Waals surface area contributed by atoms with Gasteiger partial charge in [-0.15, -0.1) is 0 Å². The Balaban J connectivity index is 1.78. The molecule has 1 fully saturated rings. The maximum atomic E-state index is 11.8. The van der Waals surface area contributed by atoms with Gasteiger partial charge in [-0.2, -0.15) is 0 Å². The lowest BCUT2D eigenvalue weighted by molar-refractivity contribution is -0.116. The van der Waals surface area contributed by atoms with Crippen LogP contribution in [0.2, 0.25) is 0 Å². The van der Waals surface area contributed by atoms with Gasteiger partial charge in [0.05, 0.1) is 6.54 Å². The van der Waals surface area contributed by atoms with Crippen molar-refractivity contribution in [2.45, 2.75) is 18.9 Å². The molecule has 0 saturated carbocycles. The highest BCUT2D eigenvalue weighted by molar-refractivity contribution is 9.10. The first-order valence-corrected chi connectivity index (χ1v) is 6.81. The van der Waals surface area contributed by atoms with Gasteiger partial charge < -0.3 is 15.0 Å². The number of amides is 2. The number of carbonyl (C=O) groups excluding carboxylic acids is 2. The molecule has 1 N–H and O–H groups in total. The lowest BCUT2D eigenvalue weighted by atomic mass is 10.2. The van der Waals surface area contributed by atoms with Crippen molar-refractivity contribution >= 4 is 33.6 Å². The minimum absolute atomic E-state index is 0.0799. The third-order valence-corrected chi connectivity index (χ3v) is 3.35. The molecule has 0 aromatic heterocycles. The van der Waals surface area contributed by atoms with E-state index >= 15 is 0 Å². The molecule has 1 aliphatic heterocycles. The fourth-order valence-electron chi connectivity index (χ4n) is 1.88. The zero-order chi connectivity index (χ0) is 13.8. The summed E-state index contributed by atoms with van der Waals surface area (Å²) in [5.74, 6) is -0.0799. The summed E-state index contributed by atoms with van der Waals surface area (Å²) in [6.07, 6.45) is 0.358. The van der Waals surface area contributed by atoms with E-state index in [4.69, 9.17) is 4.74 Å². The summed E-state index contributed by atoms with van der Waals surface area (Å²) in [6.45, 7) is 0.545. The van der Waals surface area contributed by atoms with E-state index in [0.29, 0.717) is 19.4 Å². The van der Waals surface area contributed by atoms with Crippen LogP contribution < -0.4 is 5.32 Å². The van der Waals surface area contributed by atoms with Crippen LogP contribution in [-0.4, -0.2) is 36.6 Å². The van der Waals surface area contributed by atoms with Crippen LogP contribution in [0.4, 0.5) is 10.5 Å². The summed E-state index contributed by atoms with van der Waals surface area (Å²) < 4.78 is 6.01. The van der Waals surface area contributed by atoms with Crippen molar-refractivity contribution in [1.29, 1.82) is 0 Å². The average molecular weight is 327 g/mol. The molecule has 1 unspecified atom stereocenters. The molecule has 2 rings (SSSR count). The zero-order valence-electron chi connectivity index (χ0n) is 10.6. The van der Waals surface area contributed by atoms with Crippen LogP contribution in [0.15, 0.2) is 28.7 Å². The number of halogens is 1. The molecule has 1 aromatic carbocycles. The van der Waals surface area contributed by atoms with E-state index in [1.807, 2.05) is 24.3 Å². The molecule has 1 heterocycles. The van der Waals surface area contributed by atoms with Crippen LogP contribution in [0.5, 0.6) is 0 Å². The second kappa shape index (κ2) is 6.06. The van der Waals surface area contributed by atoms with Gasteiger partial charge in [-0.05, 0) is 24.6 Å². The maximum absolute atomic E-state index is 11.8. The van der Waals surface area contributed by atoms with Crippen LogP contribution in [-0.2, 0) is 9.53 Å². The van der Waals surface area contributed by atoms with E-state index in [-0.39, 0.29) is 18.1 Å². The summed E-state index contributed by atoms with van der Waals surface area (Å²) in [7, 11) is 1.68. The molecule has 0 radical (unpaired) electrons. The largest absolute Gasteiger partial charge is 0.444 e. The normalized spacial score (nSPS) is 18.3. The lowest BCUT2D eigenvalue weighted by Gasteiger charge is -2.08. The summed E-state index contributed by atoms with van der Waals surface area (Å²) in [5, 5.41) is 2.81. The van der Waals surface area contributed by atoms with Crippen LogP contribution in [0.3, 0.4) is 0 Å². The molecule has 0 bridgehead atoms. The van der Waals surface area contributed by atoms with Crippen molar-refractivity contribution in [3.63, 3.8) is 0 Å². The summed E-state index contributed by atoms with van der Waals surface area (Å²) >= 11 is 3.34. The Morgan fingerprint density at radius 1 is 1.58 bits per heavy atom. The van der Waals surface area contributed by atoms with Crippen LogP contribution in [0, 0.1) is 0 Å². The molecule has 0 aliphatic carbocycles. The van der Waals surface area contributed by atoms with Crippen LogP contribution in [0.1, 0.15) is 12.8 Å². The van der Waals surface area contributed by atoms with Crippen molar-refractivity contribution in [2.75, 3.05) is 18.9 Å². The predicted molar refractivity (Wildman–Crippen MR) is 74.9 cm³/mol. The van der Waals surface area contributed by atoms with E-state index in [1.54, 1.807) is 7.05 Å². The van der Waals surface area contributed by atoms with Gasteiger partial charge in [0.15, 0.2) is 0 Å². The topological polar surface area (TPSA) is 58.6 Å². The highest BCUT2D eigenvalue weighted by atomic mass is 79.9. The molecular formula is C13H15BrN2O3.